The van der Waals surface area contributed by atoms with Crippen molar-refractivity contribution in [2.75, 3.05) is 10.6 Å². The van der Waals surface area contributed by atoms with E-state index < -0.39 is 0 Å². The lowest BCUT2D eigenvalue weighted by molar-refractivity contribution is -0.115. The predicted molar refractivity (Wildman–Crippen MR) is 112 cm³/mol. The Bertz CT molecular complexity index is 954. The smallest absolute Gasteiger partial charge is 0.255 e. The number of hydrogen-bond donors (Lipinski definition) is 2. The highest BCUT2D eigenvalue weighted by molar-refractivity contribution is 9.10. The number of hydrogen-bond acceptors (Lipinski definition) is 2. The fraction of sp³-hybridized carbons (Fsp3) is 0.0909. The van der Waals surface area contributed by atoms with E-state index in [9.17, 15) is 9.59 Å². The van der Waals surface area contributed by atoms with E-state index in [1.807, 2.05) is 55.5 Å². The second-order valence-corrected chi connectivity index (χ2v) is 7.12. The molecule has 2 N–H and O–H groups in total. The van der Waals surface area contributed by atoms with Gasteiger partial charge in [-0.05, 0) is 60.5 Å². The SMILES string of the molecule is Cc1cc(Br)ccc1NC(=O)c1ccc(NC(=O)Cc2ccccc2)cc1. The molecule has 0 aromatic heterocycles. The Morgan fingerprint density at radius 3 is 2.26 bits per heavy atom. The van der Waals surface area contributed by atoms with Crippen molar-refractivity contribution in [3.05, 3.63) is 94.0 Å². The van der Waals surface area contributed by atoms with Crippen LogP contribution < -0.4 is 10.6 Å². The van der Waals surface area contributed by atoms with Crippen molar-refractivity contribution in [2.24, 2.45) is 0 Å². The molecule has 0 saturated carbocycles. The van der Waals surface area contributed by atoms with Crippen LogP contribution >= 0.6 is 15.9 Å². The minimum Gasteiger partial charge on any atom is -0.326 e. The van der Waals surface area contributed by atoms with Gasteiger partial charge in [-0.15, -0.1) is 0 Å². The number of carbonyl (C=O) groups is 2. The van der Waals surface area contributed by atoms with Gasteiger partial charge in [0.15, 0.2) is 0 Å². The summed E-state index contributed by atoms with van der Waals surface area (Å²) in [5, 5.41) is 5.75. The lowest BCUT2D eigenvalue weighted by Gasteiger charge is -2.10. The van der Waals surface area contributed by atoms with Gasteiger partial charge in [0.05, 0.1) is 6.42 Å². The number of halogens is 1. The largest absolute Gasteiger partial charge is 0.326 e. The van der Waals surface area contributed by atoms with Crippen LogP contribution in [-0.2, 0) is 11.2 Å². The van der Waals surface area contributed by atoms with Gasteiger partial charge in [-0.3, -0.25) is 9.59 Å². The van der Waals surface area contributed by atoms with Crippen LogP contribution in [0.15, 0.2) is 77.3 Å². The second kappa shape index (κ2) is 8.64. The molecular weight excluding hydrogens is 404 g/mol. The summed E-state index contributed by atoms with van der Waals surface area (Å²) in [6, 6.07) is 22.1. The van der Waals surface area contributed by atoms with E-state index in [0.29, 0.717) is 17.7 Å². The molecule has 0 aliphatic rings. The molecule has 0 aliphatic heterocycles. The molecule has 0 spiro atoms. The number of nitrogens with one attached hydrogen (secondary N) is 2. The molecule has 2 amide bonds. The fourth-order valence-corrected chi connectivity index (χ4v) is 3.13. The molecule has 3 aromatic carbocycles. The first kappa shape index (κ1) is 18.9. The van der Waals surface area contributed by atoms with Crippen molar-refractivity contribution in [3.63, 3.8) is 0 Å². The molecule has 0 fully saturated rings. The van der Waals surface area contributed by atoms with E-state index >= 15 is 0 Å². The van der Waals surface area contributed by atoms with Gasteiger partial charge in [-0.25, -0.2) is 0 Å². The zero-order chi connectivity index (χ0) is 19.2. The topological polar surface area (TPSA) is 58.2 Å². The first-order chi connectivity index (χ1) is 13.0. The third kappa shape index (κ3) is 5.28. The second-order valence-electron chi connectivity index (χ2n) is 6.20. The number of benzene rings is 3. The molecule has 0 saturated heterocycles. The maximum Gasteiger partial charge on any atom is 0.255 e. The first-order valence-corrected chi connectivity index (χ1v) is 9.32. The zero-order valence-corrected chi connectivity index (χ0v) is 16.4. The molecule has 0 radical (unpaired) electrons. The van der Waals surface area contributed by atoms with Crippen LogP contribution in [-0.4, -0.2) is 11.8 Å². The van der Waals surface area contributed by atoms with Crippen LogP contribution in [0.2, 0.25) is 0 Å². The molecule has 27 heavy (non-hydrogen) atoms. The van der Waals surface area contributed by atoms with Gasteiger partial charge in [0.1, 0.15) is 0 Å². The molecule has 3 rings (SSSR count). The van der Waals surface area contributed by atoms with Crippen molar-refractivity contribution in [1.82, 2.24) is 0 Å². The molecule has 4 nitrogen and oxygen atoms in total. The van der Waals surface area contributed by atoms with Crippen molar-refractivity contribution in [1.29, 1.82) is 0 Å². The molecule has 136 valence electrons. The molecule has 0 aliphatic carbocycles. The van der Waals surface area contributed by atoms with Crippen LogP contribution in [0.3, 0.4) is 0 Å². The quantitative estimate of drug-likeness (QED) is 0.594. The fourth-order valence-electron chi connectivity index (χ4n) is 2.65. The Morgan fingerprint density at radius 1 is 0.889 bits per heavy atom. The average molecular weight is 423 g/mol. The summed E-state index contributed by atoms with van der Waals surface area (Å²) in [5.41, 5.74) is 3.88. The highest BCUT2D eigenvalue weighted by Crippen LogP contribution is 2.21. The maximum absolute atomic E-state index is 12.4. The number of carbonyl (C=O) groups excluding carboxylic acids is 2. The number of anilines is 2. The minimum atomic E-state index is -0.192. The van der Waals surface area contributed by atoms with E-state index in [2.05, 4.69) is 26.6 Å². The van der Waals surface area contributed by atoms with Crippen molar-refractivity contribution >= 4 is 39.1 Å². The Hall–Kier alpha value is -2.92. The van der Waals surface area contributed by atoms with Crippen LogP contribution in [0.5, 0.6) is 0 Å². The molecule has 3 aromatic rings. The van der Waals surface area contributed by atoms with E-state index in [4.69, 9.17) is 0 Å². The van der Waals surface area contributed by atoms with Gasteiger partial charge in [-0.2, -0.15) is 0 Å². The standard InChI is InChI=1S/C22H19BrN2O2/c1-15-13-18(23)9-12-20(15)25-22(27)17-7-10-19(11-8-17)24-21(26)14-16-5-3-2-4-6-16/h2-13H,14H2,1H3,(H,24,26)(H,25,27). The molecule has 0 heterocycles. The minimum absolute atomic E-state index is 0.0936. The van der Waals surface area contributed by atoms with Gasteiger partial charge in [0.25, 0.3) is 5.91 Å². The van der Waals surface area contributed by atoms with Gasteiger partial charge < -0.3 is 10.6 Å². The Morgan fingerprint density at radius 2 is 1.59 bits per heavy atom. The van der Waals surface area contributed by atoms with Crippen molar-refractivity contribution in [3.8, 4) is 0 Å². The molecule has 0 bridgehead atoms. The average Bonchev–Trinajstić information content (AvgIpc) is 2.65. The summed E-state index contributed by atoms with van der Waals surface area (Å²) in [4.78, 5) is 24.5. The van der Waals surface area contributed by atoms with E-state index in [1.165, 1.54) is 0 Å². The maximum atomic E-state index is 12.4. The van der Waals surface area contributed by atoms with Crippen LogP contribution in [0.25, 0.3) is 0 Å². The highest BCUT2D eigenvalue weighted by atomic mass is 79.9. The summed E-state index contributed by atoms with van der Waals surface area (Å²) in [7, 11) is 0. The Kier molecular flexibility index (Phi) is 6.04. The first-order valence-electron chi connectivity index (χ1n) is 8.52. The normalized spacial score (nSPS) is 10.3. The Labute approximate surface area is 166 Å². The van der Waals surface area contributed by atoms with Gasteiger partial charge in [-0.1, -0.05) is 46.3 Å². The third-order valence-corrected chi connectivity index (χ3v) is 4.57. The summed E-state index contributed by atoms with van der Waals surface area (Å²) in [6.07, 6.45) is 0.311. The number of amides is 2. The van der Waals surface area contributed by atoms with Crippen molar-refractivity contribution < 1.29 is 9.59 Å². The third-order valence-electron chi connectivity index (χ3n) is 4.08. The van der Waals surface area contributed by atoms with Crippen molar-refractivity contribution in [2.45, 2.75) is 13.3 Å². The molecule has 0 unspecified atom stereocenters. The summed E-state index contributed by atoms with van der Waals surface area (Å²) in [5.74, 6) is -0.286. The number of rotatable bonds is 5. The summed E-state index contributed by atoms with van der Waals surface area (Å²) in [6.45, 7) is 1.94. The van der Waals surface area contributed by atoms with E-state index in [-0.39, 0.29) is 11.8 Å². The number of aryl methyl sites for hydroxylation is 1. The van der Waals surface area contributed by atoms with Crippen LogP contribution in [0.1, 0.15) is 21.5 Å². The molecule has 5 heteroatoms. The lowest BCUT2D eigenvalue weighted by atomic mass is 10.1. The highest BCUT2D eigenvalue weighted by Gasteiger charge is 2.09. The molecular formula is C22H19BrN2O2. The van der Waals surface area contributed by atoms with Gasteiger partial charge >= 0.3 is 0 Å². The summed E-state index contributed by atoms with van der Waals surface area (Å²) < 4.78 is 0.966. The van der Waals surface area contributed by atoms with E-state index in [1.54, 1.807) is 24.3 Å². The molecule has 0 atom stereocenters. The zero-order valence-electron chi connectivity index (χ0n) is 14.8. The summed E-state index contributed by atoms with van der Waals surface area (Å²) >= 11 is 3.41. The van der Waals surface area contributed by atoms with E-state index in [0.717, 1.165) is 21.3 Å². The monoisotopic (exact) mass is 422 g/mol. The van der Waals surface area contributed by atoms with Gasteiger partial charge in [0.2, 0.25) is 5.91 Å². The van der Waals surface area contributed by atoms with Gasteiger partial charge in [0, 0.05) is 21.4 Å². The van der Waals surface area contributed by atoms with Crippen LogP contribution in [0, 0.1) is 6.92 Å². The van der Waals surface area contributed by atoms with Crippen LogP contribution in [0.4, 0.5) is 11.4 Å². The lowest BCUT2D eigenvalue weighted by Crippen LogP contribution is -2.15. The Balaban J connectivity index is 1.61. The predicted octanol–water partition coefficient (Wildman–Crippen LogP) is 5.19.